The third-order valence-electron chi connectivity index (χ3n) is 2.10. The summed E-state index contributed by atoms with van der Waals surface area (Å²) in [5, 5.41) is 3.46. The first-order chi connectivity index (χ1) is 6.27. The van der Waals surface area contributed by atoms with Crippen LogP contribution in [0.1, 0.15) is 26.2 Å². The highest BCUT2D eigenvalue weighted by atomic mass is 16.7. The van der Waals surface area contributed by atoms with Crippen LogP contribution in [0.5, 0.6) is 0 Å². The van der Waals surface area contributed by atoms with E-state index in [0.29, 0.717) is 19.8 Å². The van der Waals surface area contributed by atoms with E-state index in [4.69, 9.17) is 15.0 Å². The van der Waals surface area contributed by atoms with Gasteiger partial charge in [0.25, 0.3) is 0 Å². The molecule has 0 amide bonds. The molecule has 5 nitrogen and oxygen atoms in total. The van der Waals surface area contributed by atoms with Crippen LogP contribution >= 0.6 is 0 Å². The minimum atomic E-state index is -0.393. The van der Waals surface area contributed by atoms with Crippen LogP contribution in [0.15, 0.2) is 5.11 Å². The Morgan fingerprint density at radius 3 is 2.69 bits per heavy atom. The van der Waals surface area contributed by atoms with Gasteiger partial charge in [0.05, 0.1) is 13.2 Å². The summed E-state index contributed by atoms with van der Waals surface area (Å²) >= 11 is 0. The minimum absolute atomic E-state index is 0.393. The zero-order valence-electron chi connectivity index (χ0n) is 7.90. The van der Waals surface area contributed by atoms with Gasteiger partial charge in [0.1, 0.15) is 0 Å². The first-order valence-corrected chi connectivity index (χ1v) is 4.56. The van der Waals surface area contributed by atoms with Crippen LogP contribution < -0.4 is 0 Å². The fourth-order valence-corrected chi connectivity index (χ4v) is 1.37. The van der Waals surface area contributed by atoms with E-state index >= 15 is 0 Å². The van der Waals surface area contributed by atoms with Crippen LogP contribution in [0.2, 0.25) is 0 Å². The van der Waals surface area contributed by atoms with E-state index < -0.39 is 5.79 Å². The Bertz CT molecular complexity index is 196. The second kappa shape index (κ2) is 5.07. The number of azide groups is 1. The first-order valence-electron chi connectivity index (χ1n) is 4.56. The molecule has 1 fully saturated rings. The van der Waals surface area contributed by atoms with Crippen LogP contribution in [0, 0.1) is 0 Å². The highest BCUT2D eigenvalue weighted by Crippen LogP contribution is 2.24. The Morgan fingerprint density at radius 2 is 2.08 bits per heavy atom. The van der Waals surface area contributed by atoms with Crippen molar-refractivity contribution < 1.29 is 9.47 Å². The van der Waals surface area contributed by atoms with Crippen molar-refractivity contribution in [3.63, 3.8) is 0 Å². The highest BCUT2D eigenvalue weighted by Gasteiger charge is 2.29. The lowest BCUT2D eigenvalue weighted by Crippen LogP contribution is -2.25. The average molecular weight is 185 g/mol. The Morgan fingerprint density at radius 1 is 1.38 bits per heavy atom. The lowest BCUT2D eigenvalue weighted by Gasteiger charge is -2.21. The molecule has 0 unspecified atom stereocenters. The first kappa shape index (κ1) is 10.3. The molecule has 0 atom stereocenters. The van der Waals surface area contributed by atoms with Crippen molar-refractivity contribution in [2.24, 2.45) is 5.11 Å². The fraction of sp³-hybridized carbons (Fsp3) is 1.00. The lowest BCUT2D eigenvalue weighted by atomic mass is 10.1. The van der Waals surface area contributed by atoms with Crippen molar-refractivity contribution in [1.82, 2.24) is 0 Å². The molecule has 0 aromatic rings. The Hall–Kier alpha value is -0.770. The zero-order valence-corrected chi connectivity index (χ0v) is 7.90. The second-order valence-corrected chi connectivity index (χ2v) is 3.24. The molecule has 1 saturated heterocycles. The number of ether oxygens (including phenoxy) is 2. The van der Waals surface area contributed by atoms with Crippen molar-refractivity contribution in [1.29, 1.82) is 0 Å². The van der Waals surface area contributed by atoms with Gasteiger partial charge in [-0.15, -0.1) is 0 Å². The summed E-state index contributed by atoms with van der Waals surface area (Å²) in [7, 11) is 0. The van der Waals surface area contributed by atoms with E-state index in [2.05, 4.69) is 10.0 Å². The lowest BCUT2D eigenvalue weighted by molar-refractivity contribution is -0.147. The van der Waals surface area contributed by atoms with E-state index in [1.54, 1.807) is 0 Å². The van der Waals surface area contributed by atoms with Crippen LogP contribution in [-0.2, 0) is 9.47 Å². The number of nitrogens with zero attached hydrogens (tertiary/aromatic N) is 3. The predicted molar refractivity (Wildman–Crippen MR) is 48.2 cm³/mol. The van der Waals surface area contributed by atoms with Crippen LogP contribution in [0.3, 0.4) is 0 Å². The monoisotopic (exact) mass is 185 g/mol. The molecule has 74 valence electrons. The Labute approximate surface area is 77.6 Å². The maximum Gasteiger partial charge on any atom is 0.165 e. The normalized spacial score (nSPS) is 19.8. The molecule has 0 bridgehead atoms. The number of hydrogen-bond acceptors (Lipinski definition) is 3. The van der Waals surface area contributed by atoms with Gasteiger partial charge in [0, 0.05) is 17.9 Å². The van der Waals surface area contributed by atoms with Gasteiger partial charge < -0.3 is 9.47 Å². The molecular formula is C8H15N3O2. The molecule has 0 N–H and O–H groups in total. The van der Waals surface area contributed by atoms with E-state index in [1.807, 2.05) is 6.92 Å². The Balaban J connectivity index is 2.07. The van der Waals surface area contributed by atoms with Gasteiger partial charge in [-0.1, -0.05) is 5.11 Å². The topological polar surface area (TPSA) is 67.2 Å². The van der Waals surface area contributed by atoms with Crippen LogP contribution in [0.25, 0.3) is 10.4 Å². The maximum atomic E-state index is 8.04. The maximum absolute atomic E-state index is 8.04. The summed E-state index contributed by atoms with van der Waals surface area (Å²) in [5.74, 6) is -0.393. The molecule has 0 saturated carbocycles. The molecule has 0 aromatic carbocycles. The van der Waals surface area contributed by atoms with E-state index in [-0.39, 0.29) is 0 Å². The summed E-state index contributed by atoms with van der Waals surface area (Å²) in [6.45, 7) is 3.89. The smallest absolute Gasteiger partial charge is 0.165 e. The minimum Gasteiger partial charge on any atom is -0.348 e. The summed E-state index contributed by atoms with van der Waals surface area (Å²) in [4.78, 5) is 2.68. The average Bonchev–Trinajstić information content (AvgIpc) is 2.53. The molecule has 0 aromatic heterocycles. The molecule has 1 aliphatic heterocycles. The molecule has 13 heavy (non-hydrogen) atoms. The molecule has 0 spiro atoms. The number of hydrogen-bond donors (Lipinski definition) is 0. The largest absolute Gasteiger partial charge is 0.348 e. The molecule has 0 radical (unpaired) electrons. The van der Waals surface area contributed by atoms with Gasteiger partial charge in [-0.3, -0.25) is 0 Å². The molecular weight excluding hydrogens is 170 g/mol. The van der Waals surface area contributed by atoms with Crippen LogP contribution in [0.4, 0.5) is 0 Å². The quantitative estimate of drug-likeness (QED) is 0.285. The molecule has 0 aliphatic carbocycles. The summed E-state index contributed by atoms with van der Waals surface area (Å²) < 4.78 is 10.8. The fourth-order valence-electron chi connectivity index (χ4n) is 1.37. The molecule has 5 heteroatoms. The SMILES string of the molecule is CC1(CCCCN=[N+]=[N-])OCCO1. The summed E-state index contributed by atoms with van der Waals surface area (Å²) in [5.41, 5.74) is 8.04. The van der Waals surface area contributed by atoms with Crippen LogP contribution in [-0.4, -0.2) is 25.5 Å². The number of unbranched alkanes of at least 4 members (excludes halogenated alkanes) is 1. The highest BCUT2D eigenvalue weighted by molar-refractivity contribution is 4.68. The van der Waals surface area contributed by atoms with Crippen molar-refractivity contribution in [2.75, 3.05) is 19.8 Å². The molecule has 1 aliphatic rings. The van der Waals surface area contributed by atoms with Crippen molar-refractivity contribution >= 4 is 0 Å². The predicted octanol–water partition coefficient (Wildman–Crippen LogP) is 2.23. The van der Waals surface area contributed by atoms with Gasteiger partial charge in [-0.2, -0.15) is 0 Å². The standard InChI is InChI=1S/C8H15N3O2/c1-8(12-6-7-13-8)4-2-3-5-10-11-9/h2-7H2,1H3. The van der Waals surface area contributed by atoms with E-state index in [1.165, 1.54) is 0 Å². The van der Waals surface area contributed by atoms with Crippen molar-refractivity contribution in [2.45, 2.75) is 32.0 Å². The van der Waals surface area contributed by atoms with E-state index in [9.17, 15) is 0 Å². The van der Waals surface area contributed by atoms with E-state index in [0.717, 1.165) is 19.3 Å². The Kier molecular flexibility index (Phi) is 4.02. The zero-order chi connectivity index (χ0) is 9.57. The number of rotatable bonds is 5. The second-order valence-electron chi connectivity index (χ2n) is 3.24. The van der Waals surface area contributed by atoms with Gasteiger partial charge in [-0.25, -0.2) is 0 Å². The van der Waals surface area contributed by atoms with Crippen molar-refractivity contribution in [3.8, 4) is 0 Å². The molecule has 1 heterocycles. The summed E-state index contributed by atoms with van der Waals surface area (Å²) in [6.07, 6.45) is 2.73. The van der Waals surface area contributed by atoms with Gasteiger partial charge in [-0.05, 0) is 25.3 Å². The summed E-state index contributed by atoms with van der Waals surface area (Å²) in [6, 6.07) is 0. The van der Waals surface area contributed by atoms with Gasteiger partial charge in [0.15, 0.2) is 5.79 Å². The van der Waals surface area contributed by atoms with Gasteiger partial charge >= 0.3 is 0 Å². The third kappa shape index (κ3) is 3.63. The molecule has 1 rings (SSSR count). The van der Waals surface area contributed by atoms with Gasteiger partial charge in [0.2, 0.25) is 0 Å². The third-order valence-corrected chi connectivity index (χ3v) is 2.10. The van der Waals surface area contributed by atoms with Crippen molar-refractivity contribution in [3.05, 3.63) is 10.4 Å².